The Morgan fingerprint density at radius 1 is 1.45 bits per heavy atom. The molecule has 1 saturated heterocycles. The zero-order chi connectivity index (χ0) is 15.7. The molecule has 1 fully saturated rings. The molecule has 1 atom stereocenters. The second-order valence-corrected chi connectivity index (χ2v) is 5.89. The number of carboxylic acid groups (broad SMARTS) is 1. The molecule has 0 spiro atoms. The molecule has 8 nitrogen and oxygen atoms in total. The van der Waals surface area contributed by atoms with Crippen LogP contribution < -0.4 is 0 Å². The lowest BCUT2D eigenvalue weighted by molar-refractivity contribution is -0.147. The molecule has 1 N–H and O–H groups in total. The first kappa shape index (κ1) is 14.7. The average molecular weight is 322 g/mol. The third kappa shape index (κ3) is 2.72. The molecular formula is C13H14N4O4S. The molecule has 1 unspecified atom stereocenters. The van der Waals surface area contributed by atoms with Gasteiger partial charge in [-0.25, -0.2) is 9.78 Å². The van der Waals surface area contributed by atoms with E-state index < -0.39 is 12.0 Å². The standard InChI is InChI=1S/C13H14N4O4S/c1-16-6-8(4-15-16)11-14-5-10(22-11)12(18)17-2-3-21-7-9(17)13(19)20/h4-6,9H,2-3,7H2,1H3,(H,19,20). The van der Waals surface area contributed by atoms with E-state index in [-0.39, 0.29) is 19.1 Å². The first-order valence-electron chi connectivity index (χ1n) is 6.62. The molecule has 1 aliphatic rings. The van der Waals surface area contributed by atoms with Gasteiger partial charge in [-0.05, 0) is 0 Å². The molecule has 0 saturated carbocycles. The Morgan fingerprint density at radius 2 is 2.27 bits per heavy atom. The SMILES string of the molecule is Cn1cc(-c2ncc(C(=O)N3CCOCC3C(=O)O)s2)cn1. The topological polar surface area (TPSA) is 97.6 Å². The number of amides is 1. The van der Waals surface area contributed by atoms with Crippen molar-refractivity contribution in [3.63, 3.8) is 0 Å². The molecule has 0 aliphatic carbocycles. The number of hydrogen-bond acceptors (Lipinski definition) is 6. The predicted molar refractivity (Wildman–Crippen MR) is 77.6 cm³/mol. The van der Waals surface area contributed by atoms with E-state index in [1.807, 2.05) is 6.20 Å². The molecule has 1 aliphatic heterocycles. The van der Waals surface area contributed by atoms with Crippen molar-refractivity contribution in [2.24, 2.45) is 7.05 Å². The lowest BCUT2D eigenvalue weighted by Crippen LogP contribution is -2.52. The van der Waals surface area contributed by atoms with E-state index in [2.05, 4.69) is 10.1 Å². The number of rotatable bonds is 3. The fourth-order valence-electron chi connectivity index (χ4n) is 2.23. The fourth-order valence-corrected chi connectivity index (χ4v) is 3.08. The summed E-state index contributed by atoms with van der Waals surface area (Å²) in [4.78, 5) is 29.7. The lowest BCUT2D eigenvalue weighted by atomic mass is 10.2. The van der Waals surface area contributed by atoms with E-state index in [4.69, 9.17) is 4.74 Å². The molecule has 0 bridgehead atoms. The summed E-state index contributed by atoms with van der Waals surface area (Å²) >= 11 is 1.23. The van der Waals surface area contributed by atoms with Crippen LogP contribution in [0.2, 0.25) is 0 Å². The van der Waals surface area contributed by atoms with Gasteiger partial charge in [0.05, 0.1) is 25.6 Å². The molecular weight excluding hydrogens is 308 g/mol. The van der Waals surface area contributed by atoms with Crippen molar-refractivity contribution < 1.29 is 19.4 Å². The molecule has 3 rings (SSSR count). The average Bonchev–Trinajstić information content (AvgIpc) is 3.15. The van der Waals surface area contributed by atoms with Crippen molar-refractivity contribution in [2.45, 2.75) is 6.04 Å². The van der Waals surface area contributed by atoms with Gasteiger partial charge in [0.2, 0.25) is 0 Å². The normalized spacial score (nSPS) is 18.4. The van der Waals surface area contributed by atoms with Crippen LogP contribution in [-0.4, -0.2) is 62.4 Å². The minimum absolute atomic E-state index is 0.00927. The molecule has 1 amide bonds. The third-order valence-electron chi connectivity index (χ3n) is 3.34. The van der Waals surface area contributed by atoms with E-state index in [1.165, 1.54) is 22.4 Å². The van der Waals surface area contributed by atoms with Crippen molar-refractivity contribution in [1.82, 2.24) is 19.7 Å². The number of aliphatic carboxylic acids is 1. The van der Waals surface area contributed by atoms with E-state index in [1.54, 1.807) is 17.9 Å². The van der Waals surface area contributed by atoms with E-state index in [0.717, 1.165) is 5.56 Å². The number of hydrogen-bond donors (Lipinski definition) is 1. The van der Waals surface area contributed by atoms with Gasteiger partial charge in [-0.3, -0.25) is 9.48 Å². The quantitative estimate of drug-likeness (QED) is 0.882. The molecule has 9 heteroatoms. The number of nitrogens with zero attached hydrogens (tertiary/aromatic N) is 4. The molecule has 116 valence electrons. The maximum Gasteiger partial charge on any atom is 0.328 e. The molecule has 0 radical (unpaired) electrons. The summed E-state index contributed by atoms with van der Waals surface area (Å²) in [6.45, 7) is 0.606. The van der Waals surface area contributed by atoms with Crippen molar-refractivity contribution >= 4 is 23.2 Å². The Balaban J connectivity index is 1.83. The number of aryl methyl sites for hydroxylation is 1. The summed E-state index contributed by atoms with van der Waals surface area (Å²) in [6, 6.07) is -0.954. The minimum atomic E-state index is -1.06. The number of thiazole rings is 1. The summed E-state index contributed by atoms with van der Waals surface area (Å²) < 4.78 is 6.79. The lowest BCUT2D eigenvalue weighted by Gasteiger charge is -2.32. The van der Waals surface area contributed by atoms with Crippen molar-refractivity contribution in [3.05, 3.63) is 23.5 Å². The summed E-state index contributed by atoms with van der Waals surface area (Å²) in [6.07, 6.45) is 4.95. The van der Waals surface area contributed by atoms with E-state index in [9.17, 15) is 14.7 Å². The van der Waals surface area contributed by atoms with Crippen molar-refractivity contribution in [1.29, 1.82) is 0 Å². The Kier molecular flexibility index (Phi) is 3.90. The van der Waals surface area contributed by atoms with Crippen molar-refractivity contribution in [2.75, 3.05) is 19.8 Å². The van der Waals surface area contributed by atoms with Gasteiger partial charge in [0.15, 0.2) is 6.04 Å². The predicted octanol–water partition coefficient (Wildman–Crippen LogP) is 0.469. The Morgan fingerprint density at radius 3 is 2.95 bits per heavy atom. The maximum absolute atomic E-state index is 12.5. The van der Waals surface area contributed by atoms with E-state index in [0.29, 0.717) is 16.5 Å². The Labute approximate surface area is 129 Å². The van der Waals surface area contributed by atoms with Gasteiger partial charge in [0.1, 0.15) is 9.88 Å². The van der Waals surface area contributed by atoms with Gasteiger partial charge in [0.25, 0.3) is 5.91 Å². The molecule has 22 heavy (non-hydrogen) atoms. The van der Waals surface area contributed by atoms with Gasteiger partial charge >= 0.3 is 5.97 Å². The first-order chi connectivity index (χ1) is 10.6. The number of carboxylic acids is 1. The van der Waals surface area contributed by atoms with Gasteiger partial charge in [-0.2, -0.15) is 5.10 Å². The largest absolute Gasteiger partial charge is 0.480 e. The van der Waals surface area contributed by atoms with Crippen LogP contribution in [0.4, 0.5) is 0 Å². The highest BCUT2D eigenvalue weighted by Crippen LogP contribution is 2.26. The number of carbonyl (C=O) groups is 2. The van der Waals surface area contributed by atoms with E-state index >= 15 is 0 Å². The maximum atomic E-state index is 12.5. The van der Waals surface area contributed by atoms with Crippen LogP contribution >= 0.6 is 11.3 Å². The first-order valence-corrected chi connectivity index (χ1v) is 7.44. The smallest absolute Gasteiger partial charge is 0.328 e. The van der Waals surface area contributed by atoms with Crippen LogP contribution in [0.5, 0.6) is 0 Å². The van der Waals surface area contributed by atoms with Gasteiger partial charge in [-0.15, -0.1) is 11.3 Å². The monoisotopic (exact) mass is 322 g/mol. The number of morpholine rings is 1. The zero-order valence-corrected chi connectivity index (χ0v) is 12.6. The number of ether oxygens (including phenoxy) is 1. The fraction of sp³-hybridized carbons (Fsp3) is 0.385. The Bertz CT molecular complexity index is 710. The molecule has 2 aromatic heterocycles. The summed E-state index contributed by atoms with van der Waals surface area (Å²) in [5.74, 6) is -1.40. The van der Waals surface area contributed by atoms with Crippen LogP contribution in [0.3, 0.4) is 0 Å². The zero-order valence-electron chi connectivity index (χ0n) is 11.8. The van der Waals surface area contributed by atoms with Gasteiger partial charge in [0, 0.05) is 25.4 Å². The van der Waals surface area contributed by atoms with Crippen LogP contribution in [0.1, 0.15) is 9.67 Å². The highest BCUT2D eigenvalue weighted by Gasteiger charge is 2.34. The highest BCUT2D eigenvalue weighted by atomic mass is 32.1. The summed E-state index contributed by atoms with van der Waals surface area (Å²) in [5, 5.41) is 13.9. The summed E-state index contributed by atoms with van der Waals surface area (Å²) in [5.41, 5.74) is 0.823. The molecule has 2 aromatic rings. The third-order valence-corrected chi connectivity index (χ3v) is 4.38. The molecule has 0 aromatic carbocycles. The second kappa shape index (κ2) is 5.85. The second-order valence-electron chi connectivity index (χ2n) is 4.86. The number of carbonyl (C=O) groups excluding carboxylic acids is 1. The van der Waals surface area contributed by atoms with Crippen LogP contribution in [-0.2, 0) is 16.6 Å². The van der Waals surface area contributed by atoms with Gasteiger partial charge < -0.3 is 14.7 Å². The Hall–Kier alpha value is -2.26. The highest BCUT2D eigenvalue weighted by molar-refractivity contribution is 7.16. The number of aromatic nitrogens is 3. The summed E-state index contributed by atoms with van der Waals surface area (Å²) in [7, 11) is 1.80. The van der Waals surface area contributed by atoms with Crippen LogP contribution in [0.25, 0.3) is 10.6 Å². The van der Waals surface area contributed by atoms with Crippen molar-refractivity contribution in [3.8, 4) is 10.6 Å². The molecule has 3 heterocycles. The minimum Gasteiger partial charge on any atom is -0.480 e. The van der Waals surface area contributed by atoms with Gasteiger partial charge in [-0.1, -0.05) is 0 Å². The van der Waals surface area contributed by atoms with Crippen LogP contribution in [0.15, 0.2) is 18.6 Å². The van der Waals surface area contributed by atoms with Crippen LogP contribution in [0, 0.1) is 0 Å².